The first kappa shape index (κ1) is 21.9. The summed E-state index contributed by atoms with van der Waals surface area (Å²) in [6.07, 6.45) is 4.47. The van der Waals surface area contributed by atoms with Gasteiger partial charge in [-0.1, -0.05) is 64.1 Å². The summed E-state index contributed by atoms with van der Waals surface area (Å²) in [5.74, 6) is 2.66. The highest BCUT2D eigenvalue weighted by Crippen LogP contribution is 2.47. The molecule has 2 aliphatic rings. The molecule has 0 saturated carbocycles. The van der Waals surface area contributed by atoms with Crippen LogP contribution in [0, 0.1) is 5.41 Å². The van der Waals surface area contributed by atoms with E-state index < -0.39 is 0 Å². The number of unbranched alkanes of at least 4 members (excludes halogenated alkanes) is 1. The van der Waals surface area contributed by atoms with Gasteiger partial charge in [-0.3, -0.25) is 4.79 Å². The van der Waals surface area contributed by atoms with E-state index in [1.807, 2.05) is 22.9 Å². The molecule has 1 aromatic heterocycles. The lowest BCUT2D eigenvalue weighted by Crippen LogP contribution is -2.36. The first-order chi connectivity index (χ1) is 14.9. The van der Waals surface area contributed by atoms with E-state index in [0.717, 1.165) is 59.2 Å². The van der Waals surface area contributed by atoms with Gasteiger partial charge in [-0.15, -0.1) is 5.10 Å². The lowest BCUT2D eigenvalue weighted by molar-refractivity contribution is -0.118. The predicted molar refractivity (Wildman–Crippen MR) is 125 cm³/mol. The van der Waals surface area contributed by atoms with Gasteiger partial charge in [-0.25, -0.2) is 4.68 Å². The Morgan fingerprint density at radius 3 is 2.81 bits per heavy atom. The molecule has 0 spiro atoms. The molecule has 2 aromatic rings. The number of carbonyl (C=O) groups is 1. The first-order valence-electron chi connectivity index (χ1n) is 11.3. The molecule has 7 heteroatoms. The smallest absolute Gasteiger partial charge is 0.227 e. The minimum atomic E-state index is -0.323. The van der Waals surface area contributed by atoms with Crippen LogP contribution in [-0.2, 0) is 4.79 Å². The molecule has 1 N–H and O–H groups in total. The highest BCUT2D eigenvalue weighted by atomic mass is 32.2. The van der Waals surface area contributed by atoms with Crippen LogP contribution < -0.4 is 10.1 Å². The number of fused-ring (bicyclic) bond motifs is 1. The summed E-state index contributed by atoms with van der Waals surface area (Å²) < 4.78 is 8.04. The van der Waals surface area contributed by atoms with Crippen molar-refractivity contribution in [3.05, 3.63) is 41.1 Å². The van der Waals surface area contributed by atoms with Crippen molar-refractivity contribution < 1.29 is 9.53 Å². The van der Waals surface area contributed by atoms with Gasteiger partial charge in [0.1, 0.15) is 11.8 Å². The number of allylic oxidation sites excluding steroid dienone is 2. The fraction of sp³-hybridized carbons (Fsp3) is 0.542. The number of nitrogens with zero attached hydrogens (tertiary/aromatic N) is 3. The predicted octanol–water partition coefficient (Wildman–Crippen LogP) is 5.62. The Labute approximate surface area is 188 Å². The van der Waals surface area contributed by atoms with E-state index >= 15 is 0 Å². The van der Waals surface area contributed by atoms with Gasteiger partial charge in [0.25, 0.3) is 0 Å². The summed E-state index contributed by atoms with van der Waals surface area (Å²) in [4.78, 5) is 18.1. The van der Waals surface area contributed by atoms with Gasteiger partial charge in [0.15, 0.2) is 5.78 Å². The number of hydrogen-bond donors (Lipinski definition) is 1. The largest absolute Gasteiger partial charge is 0.493 e. The molecule has 1 unspecified atom stereocenters. The third-order valence-electron chi connectivity index (χ3n) is 5.72. The molecule has 1 aromatic carbocycles. The van der Waals surface area contributed by atoms with Gasteiger partial charge in [-0.05, 0) is 30.7 Å². The fourth-order valence-corrected chi connectivity index (χ4v) is 4.98. The van der Waals surface area contributed by atoms with E-state index in [1.54, 1.807) is 11.8 Å². The molecule has 6 nitrogen and oxygen atoms in total. The van der Waals surface area contributed by atoms with Crippen LogP contribution in [-0.4, -0.2) is 32.9 Å². The highest BCUT2D eigenvalue weighted by Gasteiger charge is 2.42. The zero-order valence-electron chi connectivity index (χ0n) is 18.9. The summed E-state index contributed by atoms with van der Waals surface area (Å²) in [6.45, 7) is 9.25. The quantitative estimate of drug-likeness (QED) is 0.425. The summed E-state index contributed by atoms with van der Waals surface area (Å²) >= 11 is 1.65. The second-order valence-electron chi connectivity index (χ2n) is 9.11. The van der Waals surface area contributed by atoms with E-state index in [2.05, 4.69) is 39.1 Å². The normalized spacial score (nSPS) is 19.6. The number of Topliss-reactive ketones (excluding diaryl/α,β-unsaturated/α-hetero) is 1. The van der Waals surface area contributed by atoms with Gasteiger partial charge < -0.3 is 10.1 Å². The molecule has 1 atom stereocenters. The number of para-hydroxylation sites is 1. The summed E-state index contributed by atoms with van der Waals surface area (Å²) in [5, 5.41) is 9.00. The number of thioether (sulfide) groups is 1. The molecule has 0 saturated heterocycles. The maximum absolute atomic E-state index is 13.4. The van der Waals surface area contributed by atoms with E-state index in [1.165, 1.54) is 0 Å². The van der Waals surface area contributed by atoms with Crippen LogP contribution in [0.3, 0.4) is 0 Å². The Morgan fingerprint density at radius 2 is 2.03 bits per heavy atom. The lowest BCUT2D eigenvalue weighted by atomic mass is 9.73. The van der Waals surface area contributed by atoms with Crippen molar-refractivity contribution in [3.63, 3.8) is 0 Å². The zero-order chi connectivity index (χ0) is 22.0. The molecule has 0 amide bonds. The van der Waals surface area contributed by atoms with Crippen molar-refractivity contribution >= 4 is 23.5 Å². The molecule has 0 radical (unpaired) electrons. The summed E-state index contributed by atoms with van der Waals surface area (Å²) in [7, 11) is 0. The summed E-state index contributed by atoms with van der Waals surface area (Å²) in [6, 6.07) is 7.71. The van der Waals surface area contributed by atoms with Crippen LogP contribution in [0.1, 0.15) is 71.4 Å². The van der Waals surface area contributed by atoms with E-state index in [0.29, 0.717) is 19.0 Å². The van der Waals surface area contributed by atoms with Crippen LogP contribution in [0.15, 0.2) is 40.7 Å². The van der Waals surface area contributed by atoms with Gasteiger partial charge in [0, 0.05) is 29.0 Å². The first-order valence-corrected chi connectivity index (χ1v) is 12.3. The van der Waals surface area contributed by atoms with E-state index in [-0.39, 0.29) is 17.2 Å². The topological polar surface area (TPSA) is 69.0 Å². The van der Waals surface area contributed by atoms with E-state index in [9.17, 15) is 4.79 Å². The molecule has 4 rings (SSSR count). The maximum Gasteiger partial charge on any atom is 0.227 e. The number of hydrogen-bond acceptors (Lipinski definition) is 6. The number of carbonyl (C=O) groups excluding carboxylic acids is 1. The zero-order valence-corrected chi connectivity index (χ0v) is 19.7. The molecular formula is C24H32N4O2S. The van der Waals surface area contributed by atoms with Crippen molar-refractivity contribution in [1.82, 2.24) is 14.8 Å². The Morgan fingerprint density at radius 1 is 1.23 bits per heavy atom. The van der Waals surface area contributed by atoms with Crippen molar-refractivity contribution in [2.24, 2.45) is 5.41 Å². The molecule has 1 aliphatic carbocycles. The van der Waals surface area contributed by atoms with Gasteiger partial charge >= 0.3 is 0 Å². The van der Waals surface area contributed by atoms with Gasteiger partial charge in [0.2, 0.25) is 11.1 Å². The Balaban J connectivity index is 1.81. The molecule has 166 valence electrons. The number of aromatic nitrogens is 3. The van der Waals surface area contributed by atoms with Crippen molar-refractivity contribution in [1.29, 1.82) is 0 Å². The second kappa shape index (κ2) is 9.07. The Bertz CT molecular complexity index is 995. The second-order valence-corrected chi connectivity index (χ2v) is 10.2. The molecule has 31 heavy (non-hydrogen) atoms. The lowest BCUT2D eigenvalue weighted by Gasteiger charge is -2.38. The van der Waals surface area contributed by atoms with Gasteiger partial charge in [0.05, 0.1) is 6.61 Å². The monoisotopic (exact) mass is 440 g/mol. The molecule has 0 bridgehead atoms. The standard InChI is InChI=1S/C24H32N4O2S/c1-5-7-12-30-19-11-9-8-10-16(19)21-20-17(14-24(3,4)15-18(20)29)25-22-26-23(27-28(21)22)31-13-6-2/h8-11,21H,5-7,12-15H2,1-4H3,(H,25,26,27). The van der Waals surface area contributed by atoms with Crippen LogP contribution in [0.2, 0.25) is 0 Å². The Kier molecular flexibility index (Phi) is 6.42. The number of nitrogens with one attached hydrogen (secondary N) is 1. The molecule has 0 fully saturated rings. The minimum absolute atomic E-state index is 0.0768. The molecular weight excluding hydrogens is 408 g/mol. The fourth-order valence-electron chi connectivity index (χ4n) is 4.30. The SMILES string of the molecule is CCCCOc1ccccc1C1C2=C(CC(C)(C)CC2=O)Nc2nc(SCCC)nn21. The van der Waals surface area contributed by atoms with Crippen molar-refractivity contribution in [3.8, 4) is 5.75 Å². The average molecular weight is 441 g/mol. The number of rotatable bonds is 8. The number of ketones is 1. The maximum atomic E-state index is 13.4. The van der Waals surface area contributed by atoms with Crippen LogP contribution >= 0.6 is 11.8 Å². The Hall–Kier alpha value is -2.28. The number of benzene rings is 1. The summed E-state index contributed by atoms with van der Waals surface area (Å²) in [5.41, 5.74) is 2.67. The molecule has 1 aliphatic heterocycles. The minimum Gasteiger partial charge on any atom is -0.493 e. The van der Waals surface area contributed by atoms with Crippen LogP contribution in [0.5, 0.6) is 5.75 Å². The average Bonchev–Trinajstić information content (AvgIpc) is 3.13. The highest BCUT2D eigenvalue weighted by molar-refractivity contribution is 7.99. The number of ether oxygens (including phenoxy) is 1. The van der Waals surface area contributed by atoms with Crippen LogP contribution in [0.25, 0.3) is 0 Å². The molecule has 2 heterocycles. The third-order valence-corrected chi connectivity index (χ3v) is 6.76. The van der Waals surface area contributed by atoms with Crippen molar-refractivity contribution in [2.45, 2.75) is 71.0 Å². The van der Waals surface area contributed by atoms with Gasteiger partial charge in [-0.2, -0.15) is 4.98 Å². The third kappa shape index (κ3) is 4.52. The van der Waals surface area contributed by atoms with Crippen molar-refractivity contribution in [2.75, 3.05) is 17.7 Å². The van der Waals surface area contributed by atoms with E-state index in [4.69, 9.17) is 14.8 Å². The number of anilines is 1. The van der Waals surface area contributed by atoms with Crippen LogP contribution in [0.4, 0.5) is 5.95 Å².